The van der Waals surface area contributed by atoms with E-state index < -0.39 is 78.4 Å². The maximum absolute atomic E-state index is 16.5. The molecule has 0 amide bonds. The number of esters is 1. The second-order valence-corrected chi connectivity index (χ2v) is 25.9. The van der Waals surface area contributed by atoms with Crippen molar-refractivity contribution in [1.29, 1.82) is 0 Å². The Labute approximate surface area is 617 Å². The van der Waals surface area contributed by atoms with Gasteiger partial charge in [-0.15, -0.1) is 0 Å². The van der Waals surface area contributed by atoms with Crippen LogP contribution in [0.5, 0.6) is 57.5 Å². The van der Waals surface area contributed by atoms with Gasteiger partial charge in [0.25, 0.3) is 5.78 Å². The van der Waals surface area contributed by atoms with Gasteiger partial charge in [-0.3, -0.25) is 9.59 Å². The van der Waals surface area contributed by atoms with Gasteiger partial charge in [0.05, 0.1) is 12.0 Å². The Morgan fingerprint density at radius 2 is 0.748 bits per heavy atom. The Kier molecular flexibility index (Phi) is 22.4. The number of rotatable bonds is 29. The first-order valence-electron chi connectivity index (χ1n) is 35.2. The molecule has 2 heterocycles. The van der Waals surface area contributed by atoms with Gasteiger partial charge in [-0.05, 0) is 74.3 Å². The molecule has 14 nitrogen and oxygen atoms in total. The first-order chi connectivity index (χ1) is 52.3. The molecule has 0 radical (unpaired) electrons. The SMILES string of the molecule is CC(=O)O[C@H]1C(c2c(OCc3ccccc3)c3c(c(C(=O)C(F)(F)F)c2OCc2ccccc2)O[C@H](c2ccc(OCc4ccccc4)c(OCc4ccccc4)c2)[C@@H](O)C3)c2c(OCc3ccccc3)cc(OCc3ccccc3)cc2O[C@@H]1c1ccc(OCc2ccccc2)c(OCc2ccccc2)c1. The van der Waals surface area contributed by atoms with Crippen molar-refractivity contribution in [3.8, 4) is 57.5 Å². The van der Waals surface area contributed by atoms with Crippen molar-refractivity contribution in [2.24, 2.45) is 0 Å². The van der Waals surface area contributed by atoms with Gasteiger partial charge in [-0.25, -0.2) is 0 Å². The number of halogens is 3. The summed E-state index contributed by atoms with van der Waals surface area (Å²) in [6, 6.07) is 87.9. The predicted octanol–water partition coefficient (Wildman–Crippen LogP) is 19.3. The van der Waals surface area contributed by atoms with Crippen molar-refractivity contribution >= 4 is 11.8 Å². The molecule has 540 valence electrons. The highest BCUT2D eigenvalue weighted by atomic mass is 19.4. The Balaban J connectivity index is 1.02. The van der Waals surface area contributed by atoms with Crippen LogP contribution < -0.4 is 47.4 Å². The molecule has 17 heteroatoms. The van der Waals surface area contributed by atoms with E-state index in [4.69, 9.17) is 52.1 Å². The number of Topliss-reactive ketones (excluding diaryl/α,β-unsaturated/α-hetero) is 1. The molecular formula is C90H75F3O14. The van der Waals surface area contributed by atoms with E-state index in [1.165, 1.54) is 6.92 Å². The number of benzene rings is 12. The first-order valence-corrected chi connectivity index (χ1v) is 35.2. The van der Waals surface area contributed by atoms with Gasteiger partial charge in [0.2, 0.25) is 0 Å². The lowest BCUT2D eigenvalue weighted by Gasteiger charge is -2.42. The van der Waals surface area contributed by atoms with Crippen LogP contribution in [0.25, 0.3) is 0 Å². The summed E-state index contributed by atoms with van der Waals surface area (Å²) in [5.74, 6) is -4.62. The zero-order valence-corrected chi connectivity index (χ0v) is 58.4. The molecule has 0 spiro atoms. The smallest absolute Gasteiger partial charge is 0.455 e. The number of hydrogen-bond donors (Lipinski definition) is 1. The number of aliphatic hydroxyl groups excluding tert-OH is 1. The molecule has 0 bridgehead atoms. The molecule has 2 aliphatic rings. The van der Waals surface area contributed by atoms with Crippen LogP contribution in [0.4, 0.5) is 13.2 Å². The van der Waals surface area contributed by atoms with Crippen LogP contribution in [0.1, 0.15) is 108 Å². The average Bonchev–Trinajstić information content (AvgIpc) is 0.715. The van der Waals surface area contributed by atoms with Gasteiger partial charge in [-0.1, -0.05) is 255 Å². The summed E-state index contributed by atoms with van der Waals surface area (Å²) in [5, 5.41) is 13.0. The molecule has 0 saturated heterocycles. The minimum Gasteiger partial charge on any atom is -0.489 e. The fraction of sp³-hybridized carbons (Fsp3) is 0.178. The molecule has 2 aliphatic heterocycles. The monoisotopic (exact) mass is 1440 g/mol. The molecule has 0 fully saturated rings. The minimum absolute atomic E-state index is 0.0652. The Morgan fingerprint density at radius 1 is 0.393 bits per heavy atom. The largest absolute Gasteiger partial charge is 0.489 e. The predicted molar refractivity (Wildman–Crippen MR) is 396 cm³/mol. The number of aliphatic hydroxyl groups is 1. The van der Waals surface area contributed by atoms with Crippen molar-refractivity contribution in [2.45, 2.75) is 103 Å². The normalized spacial score (nSPS) is 15.7. The van der Waals surface area contributed by atoms with Crippen molar-refractivity contribution in [3.63, 3.8) is 0 Å². The summed E-state index contributed by atoms with van der Waals surface area (Å²) in [6.45, 7) is 1.01. The Hall–Kier alpha value is -12.5. The quantitative estimate of drug-likeness (QED) is 0.0349. The van der Waals surface area contributed by atoms with Crippen LogP contribution in [-0.4, -0.2) is 35.2 Å². The highest BCUT2D eigenvalue weighted by Gasteiger charge is 2.53. The minimum atomic E-state index is -5.63. The highest BCUT2D eigenvalue weighted by molar-refractivity contribution is 6.06. The second kappa shape index (κ2) is 33.5. The van der Waals surface area contributed by atoms with Gasteiger partial charge in [0.15, 0.2) is 35.2 Å². The van der Waals surface area contributed by atoms with Crippen LogP contribution in [-0.2, 0) is 68.8 Å². The third-order valence-electron chi connectivity index (χ3n) is 18.3. The van der Waals surface area contributed by atoms with Gasteiger partial charge in [-0.2, -0.15) is 13.2 Å². The van der Waals surface area contributed by atoms with Crippen LogP contribution in [0.2, 0.25) is 0 Å². The summed E-state index contributed by atoms with van der Waals surface area (Å²) in [7, 11) is 0. The van der Waals surface area contributed by atoms with E-state index in [-0.39, 0.29) is 103 Å². The van der Waals surface area contributed by atoms with E-state index in [0.29, 0.717) is 28.2 Å². The number of carbonyl (C=O) groups is 2. The van der Waals surface area contributed by atoms with Gasteiger partial charge < -0.3 is 57.2 Å². The maximum Gasteiger partial charge on any atom is 0.455 e. The molecule has 0 aliphatic carbocycles. The van der Waals surface area contributed by atoms with E-state index in [2.05, 4.69) is 0 Å². The third-order valence-corrected chi connectivity index (χ3v) is 18.3. The molecule has 0 aromatic heterocycles. The number of carbonyl (C=O) groups excluding carboxylic acids is 2. The van der Waals surface area contributed by atoms with E-state index in [9.17, 15) is 9.90 Å². The maximum atomic E-state index is 16.5. The topological polar surface area (TPSA) is 156 Å². The van der Waals surface area contributed by atoms with E-state index in [1.54, 1.807) is 78.9 Å². The zero-order chi connectivity index (χ0) is 73.5. The molecule has 12 aromatic rings. The molecule has 12 aromatic carbocycles. The van der Waals surface area contributed by atoms with Crippen molar-refractivity contribution in [1.82, 2.24) is 0 Å². The Morgan fingerprint density at radius 3 is 1.14 bits per heavy atom. The number of alkyl halides is 3. The zero-order valence-electron chi connectivity index (χ0n) is 58.4. The fourth-order valence-corrected chi connectivity index (χ4v) is 13.2. The lowest BCUT2D eigenvalue weighted by atomic mass is 9.76. The Bertz CT molecular complexity index is 4960. The van der Waals surface area contributed by atoms with Gasteiger partial charge >= 0.3 is 12.1 Å². The van der Waals surface area contributed by atoms with Crippen LogP contribution >= 0.6 is 0 Å². The van der Waals surface area contributed by atoms with Crippen LogP contribution in [0.3, 0.4) is 0 Å². The van der Waals surface area contributed by atoms with Crippen LogP contribution in [0, 0.1) is 0 Å². The van der Waals surface area contributed by atoms with Crippen molar-refractivity contribution in [3.05, 3.63) is 369 Å². The second-order valence-electron chi connectivity index (χ2n) is 25.9. The van der Waals surface area contributed by atoms with Crippen molar-refractivity contribution < 1.29 is 80.0 Å². The summed E-state index contributed by atoms with van der Waals surface area (Å²) in [6.07, 6.45) is -12.2. The number of fused-ring (bicyclic) bond motifs is 2. The van der Waals surface area contributed by atoms with E-state index in [1.807, 2.05) is 212 Å². The number of ketones is 1. The van der Waals surface area contributed by atoms with Crippen LogP contribution in [0.15, 0.2) is 291 Å². The summed E-state index contributed by atoms with van der Waals surface area (Å²) < 4.78 is 125. The van der Waals surface area contributed by atoms with E-state index in [0.717, 1.165) is 33.4 Å². The van der Waals surface area contributed by atoms with Gasteiger partial charge in [0, 0.05) is 47.7 Å². The molecule has 107 heavy (non-hydrogen) atoms. The fourth-order valence-electron chi connectivity index (χ4n) is 13.2. The molecule has 5 atom stereocenters. The molecule has 1 N–H and O–H groups in total. The van der Waals surface area contributed by atoms with Gasteiger partial charge in [0.1, 0.15) is 99.0 Å². The lowest BCUT2D eigenvalue weighted by Crippen LogP contribution is -2.40. The summed E-state index contributed by atoms with van der Waals surface area (Å²) in [4.78, 5) is 30.0. The third kappa shape index (κ3) is 17.5. The summed E-state index contributed by atoms with van der Waals surface area (Å²) >= 11 is 0. The molecular weight excluding hydrogens is 1360 g/mol. The lowest BCUT2D eigenvalue weighted by molar-refractivity contribution is -0.154. The first kappa shape index (κ1) is 71.5. The van der Waals surface area contributed by atoms with E-state index >= 15 is 18.0 Å². The average molecular weight is 1440 g/mol. The number of hydrogen-bond acceptors (Lipinski definition) is 14. The highest BCUT2D eigenvalue weighted by Crippen LogP contribution is 2.61. The number of ether oxygens (including phenoxy) is 11. The standard InChI is InChI=1S/C90H75F3O14/c1-59(94)105-88-80(79-77(102-56-65-36-20-7-21-37-65)48-70(97-51-60-26-10-2-11-27-60)49-78(79)106-84(88)69-43-45-74(99-53-62-30-14-4-15-31-62)76(47-69)101-55-64-34-18-6-19-35-64)81-85(103-57-66-38-22-8-23-39-66)71-50-72(95)83(107-86(71)82(89(96)90(91,92)93)87(81)104-58-67-40-24-9-25-41-67)68-42-44-73(98-52-61-28-12-3-13-29-61)75(46-68)100-54-63-32-16-5-17-33-63/h2-49,72,80,83-84,88,95H,50-58H2,1H3/t72-,80?,83+,84+,88-/m0/s1. The summed E-state index contributed by atoms with van der Waals surface area (Å²) in [5.41, 5.74) is 5.41. The molecule has 0 saturated carbocycles. The molecule has 14 rings (SSSR count). The van der Waals surface area contributed by atoms with Crippen molar-refractivity contribution in [2.75, 3.05) is 0 Å². The molecule has 1 unspecified atom stereocenters.